The van der Waals surface area contributed by atoms with Gasteiger partial charge in [-0.05, 0) is 90.9 Å². The maximum Gasteiger partial charge on any atom is 0.408 e. The Kier molecular flexibility index (Phi) is 13.6. The molecule has 5 atom stereocenters. The summed E-state index contributed by atoms with van der Waals surface area (Å²) < 4.78 is 17.3. The topological polar surface area (TPSA) is 163 Å². The number of alkyl carbamates (subject to hydrolysis) is 1. The summed E-state index contributed by atoms with van der Waals surface area (Å²) in [7, 11) is 0. The zero-order valence-corrected chi connectivity index (χ0v) is 33.0. The van der Waals surface area contributed by atoms with Crippen LogP contribution in [0.1, 0.15) is 122 Å². The fraction of sp³-hybridized carbons (Fsp3) is 0.650. The summed E-state index contributed by atoms with van der Waals surface area (Å²) in [5, 5.41) is 5.69. The van der Waals surface area contributed by atoms with Crippen molar-refractivity contribution >= 4 is 35.2 Å². The minimum atomic E-state index is -0.905. The lowest BCUT2D eigenvalue weighted by atomic mass is 9.95. The molecule has 3 aliphatic rings. The Morgan fingerprint density at radius 3 is 2.57 bits per heavy atom. The average Bonchev–Trinajstić information content (AvgIpc) is 3.47. The van der Waals surface area contributed by atoms with Crippen molar-refractivity contribution in [3.05, 3.63) is 40.5 Å². The van der Waals surface area contributed by atoms with E-state index < -0.39 is 35.8 Å². The number of aromatic nitrogens is 2. The summed E-state index contributed by atoms with van der Waals surface area (Å²) in [5.41, 5.74) is 8.99. The van der Waals surface area contributed by atoms with Crippen LogP contribution in [0.2, 0.25) is 0 Å². The van der Waals surface area contributed by atoms with Crippen molar-refractivity contribution in [3.8, 4) is 16.5 Å². The third-order valence-corrected chi connectivity index (χ3v) is 10.8. The van der Waals surface area contributed by atoms with Gasteiger partial charge in [0.05, 0.1) is 24.8 Å². The molecule has 0 radical (unpaired) electrons. The fourth-order valence-electron chi connectivity index (χ4n) is 7.04. The molecular formula is C40H57N5O7S. The van der Waals surface area contributed by atoms with E-state index in [4.69, 9.17) is 29.9 Å². The number of nitrogens with zero attached hydrogens (tertiary/aromatic N) is 3. The highest BCUT2D eigenvalue weighted by atomic mass is 32.1. The summed E-state index contributed by atoms with van der Waals surface area (Å²) in [6.45, 7) is 11.9. The molecule has 5 rings (SSSR count). The van der Waals surface area contributed by atoms with Gasteiger partial charge in [-0.2, -0.15) is 0 Å². The van der Waals surface area contributed by atoms with E-state index in [-0.39, 0.29) is 36.7 Å². The number of nitrogens with one attached hydrogen (secondary N) is 1. The third-order valence-electron chi connectivity index (χ3n) is 9.92. The van der Waals surface area contributed by atoms with Gasteiger partial charge in [0.2, 0.25) is 11.8 Å². The Morgan fingerprint density at radius 1 is 1.09 bits per heavy atom. The number of pyridine rings is 1. The van der Waals surface area contributed by atoms with E-state index >= 15 is 0 Å². The fourth-order valence-corrected chi connectivity index (χ4v) is 7.98. The zero-order chi connectivity index (χ0) is 38.3. The molecule has 13 heteroatoms. The Balaban J connectivity index is 1.25. The second-order valence-corrected chi connectivity index (χ2v) is 16.6. The molecule has 12 nitrogen and oxygen atoms in total. The van der Waals surface area contributed by atoms with Gasteiger partial charge in [0.1, 0.15) is 40.2 Å². The maximum absolute atomic E-state index is 14.2. The predicted molar refractivity (Wildman–Crippen MR) is 203 cm³/mol. The lowest BCUT2D eigenvalue weighted by Gasteiger charge is -2.29. The summed E-state index contributed by atoms with van der Waals surface area (Å²) in [4.78, 5) is 63.1. The predicted octanol–water partition coefficient (Wildman–Crippen LogP) is 6.64. The first-order valence-corrected chi connectivity index (χ1v) is 20.2. The number of esters is 1. The van der Waals surface area contributed by atoms with E-state index in [9.17, 15) is 19.2 Å². The van der Waals surface area contributed by atoms with Crippen LogP contribution in [0.3, 0.4) is 0 Å². The lowest BCUT2D eigenvalue weighted by molar-refractivity contribution is -0.144. The number of amides is 3. The molecule has 1 saturated carbocycles. The van der Waals surface area contributed by atoms with Crippen LogP contribution in [0.4, 0.5) is 4.79 Å². The van der Waals surface area contributed by atoms with Crippen molar-refractivity contribution in [1.29, 1.82) is 0 Å². The van der Waals surface area contributed by atoms with Crippen LogP contribution in [0.25, 0.3) is 10.7 Å². The van der Waals surface area contributed by atoms with Gasteiger partial charge in [0, 0.05) is 29.1 Å². The SMILES string of the molecule is CCOC(=O)C1CC1C=CCCCCCC(NC(=O)OC(C)(C)C)C(=O)N1CC(Oc2cc(-c3nc(C(C)C)cs3)nc3c2CCCC3)CC1C(N)=O. The minimum Gasteiger partial charge on any atom is -0.488 e. The van der Waals surface area contributed by atoms with Crippen LogP contribution in [0, 0.1) is 11.8 Å². The number of hydrogen-bond donors (Lipinski definition) is 2. The van der Waals surface area contributed by atoms with Gasteiger partial charge in [-0.15, -0.1) is 11.3 Å². The van der Waals surface area contributed by atoms with Crippen LogP contribution in [-0.4, -0.2) is 75.7 Å². The van der Waals surface area contributed by atoms with Crippen molar-refractivity contribution < 1.29 is 33.4 Å². The Hall–Kier alpha value is -4.00. The van der Waals surface area contributed by atoms with Crippen LogP contribution in [-0.2, 0) is 36.7 Å². The van der Waals surface area contributed by atoms with E-state index in [0.29, 0.717) is 31.1 Å². The smallest absolute Gasteiger partial charge is 0.408 e. The van der Waals surface area contributed by atoms with Crippen LogP contribution in [0.5, 0.6) is 5.75 Å². The van der Waals surface area contributed by atoms with E-state index in [0.717, 1.165) is 79.0 Å². The number of likely N-dealkylation sites (tertiary alicyclic amines) is 1. The lowest BCUT2D eigenvalue weighted by Crippen LogP contribution is -2.53. The number of unbranched alkanes of at least 4 members (excludes halogenated alkanes) is 3. The number of nitrogens with two attached hydrogens (primary N) is 1. The number of hydrogen-bond acceptors (Lipinski definition) is 10. The number of aryl methyl sites for hydroxylation is 1. The second kappa shape index (κ2) is 17.9. The van der Waals surface area contributed by atoms with Crippen LogP contribution in [0.15, 0.2) is 23.6 Å². The van der Waals surface area contributed by atoms with E-state index in [1.807, 2.05) is 13.0 Å². The van der Waals surface area contributed by atoms with Crippen LogP contribution < -0.4 is 15.8 Å². The minimum absolute atomic E-state index is 0.0224. The van der Waals surface area contributed by atoms with Gasteiger partial charge >= 0.3 is 12.1 Å². The number of carbonyl (C=O) groups is 4. The highest BCUT2D eigenvalue weighted by Gasteiger charge is 2.43. The molecule has 0 aromatic carbocycles. The van der Waals surface area contributed by atoms with Crippen molar-refractivity contribution in [2.75, 3.05) is 13.2 Å². The molecular weight excluding hydrogens is 695 g/mol. The molecule has 2 fully saturated rings. The molecule has 2 aromatic heterocycles. The molecule has 3 amide bonds. The first-order chi connectivity index (χ1) is 25.2. The molecule has 1 saturated heterocycles. The van der Waals surface area contributed by atoms with Gasteiger partial charge < -0.3 is 30.2 Å². The third kappa shape index (κ3) is 11.0. The molecule has 3 N–H and O–H groups in total. The maximum atomic E-state index is 14.2. The number of allylic oxidation sites excluding steroid dienone is 2. The molecule has 0 spiro atoms. The molecule has 1 aliphatic heterocycles. The van der Waals surface area contributed by atoms with Gasteiger partial charge in [-0.1, -0.05) is 38.8 Å². The molecule has 3 heterocycles. The molecule has 53 heavy (non-hydrogen) atoms. The Morgan fingerprint density at radius 2 is 1.87 bits per heavy atom. The number of fused-ring (bicyclic) bond motifs is 1. The number of primary amides is 1. The zero-order valence-electron chi connectivity index (χ0n) is 32.2. The molecule has 0 bridgehead atoms. The second-order valence-electron chi connectivity index (χ2n) is 15.8. The molecule has 5 unspecified atom stereocenters. The summed E-state index contributed by atoms with van der Waals surface area (Å²) in [6, 6.07) is 0.159. The van der Waals surface area contributed by atoms with E-state index in [2.05, 4.69) is 36.7 Å². The van der Waals surface area contributed by atoms with E-state index in [1.54, 1.807) is 32.1 Å². The molecule has 2 aliphatic carbocycles. The molecule has 2 aromatic rings. The van der Waals surface area contributed by atoms with Gasteiger partial charge in [0.25, 0.3) is 0 Å². The Labute approximate surface area is 317 Å². The average molecular weight is 752 g/mol. The highest BCUT2D eigenvalue weighted by Crippen LogP contribution is 2.41. The quantitative estimate of drug-likeness (QED) is 0.109. The highest BCUT2D eigenvalue weighted by molar-refractivity contribution is 7.13. The number of rotatable bonds is 16. The van der Waals surface area contributed by atoms with Crippen molar-refractivity contribution in [1.82, 2.24) is 20.2 Å². The molecule has 290 valence electrons. The van der Waals surface area contributed by atoms with Crippen LogP contribution >= 0.6 is 11.3 Å². The van der Waals surface area contributed by atoms with Crippen molar-refractivity contribution in [3.63, 3.8) is 0 Å². The normalized spacial score (nSPS) is 21.7. The monoisotopic (exact) mass is 751 g/mol. The number of ether oxygens (including phenoxy) is 3. The number of carbonyl (C=O) groups excluding carboxylic acids is 4. The summed E-state index contributed by atoms with van der Waals surface area (Å²) in [5.74, 6) is 0.123. The first kappa shape index (κ1) is 40.2. The van der Waals surface area contributed by atoms with Gasteiger partial charge in [-0.3, -0.25) is 14.4 Å². The summed E-state index contributed by atoms with van der Waals surface area (Å²) >= 11 is 1.56. The van der Waals surface area contributed by atoms with Gasteiger partial charge in [0.15, 0.2) is 0 Å². The van der Waals surface area contributed by atoms with Crippen molar-refractivity contribution in [2.24, 2.45) is 17.6 Å². The number of thiazole rings is 1. The van der Waals surface area contributed by atoms with Crippen molar-refractivity contribution in [2.45, 2.75) is 142 Å². The summed E-state index contributed by atoms with van der Waals surface area (Å²) in [6.07, 6.45) is 11.5. The standard InChI is InChI=1S/C40H57N5O7S/c1-7-50-38(48)28-19-25(28)15-11-9-8-10-12-18-30(44-39(49)52-40(4,5)6)37(47)45-22-26(20-33(45)35(41)46)51-34-21-31(36-43-32(23-53-36)24(2)3)42-29-17-14-13-16-27(29)34/h11,15,21,23-26,28,30,33H,7-10,12-14,16-20,22H2,1-6H3,(H2,41,46)(H,44,49). The van der Waals surface area contributed by atoms with E-state index in [1.165, 1.54) is 4.90 Å². The van der Waals surface area contributed by atoms with Gasteiger partial charge in [-0.25, -0.2) is 14.8 Å². The Bertz CT molecular complexity index is 1650. The largest absolute Gasteiger partial charge is 0.488 e. The first-order valence-electron chi connectivity index (χ1n) is 19.3.